The van der Waals surface area contributed by atoms with Crippen molar-refractivity contribution < 1.29 is 9.90 Å². The summed E-state index contributed by atoms with van der Waals surface area (Å²) in [4.78, 5) is 13.4. The van der Waals surface area contributed by atoms with Gasteiger partial charge in [-0.3, -0.25) is 4.79 Å². The number of nitrogens with zero attached hydrogens (tertiary/aromatic N) is 3. The molecule has 0 bridgehead atoms. The number of aryl methyl sites for hydroxylation is 1. The van der Waals surface area contributed by atoms with Crippen molar-refractivity contribution in [2.45, 2.75) is 32.4 Å². The van der Waals surface area contributed by atoms with Gasteiger partial charge in [-0.25, -0.2) is 0 Å². The lowest BCUT2D eigenvalue weighted by atomic mass is 10.2. The Bertz CT molecular complexity index is 629. The van der Waals surface area contributed by atoms with Crippen molar-refractivity contribution >= 4 is 5.91 Å². The maximum absolute atomic E-state index is 12.0. The first-order valence-electron chi connectivity index (χ1n) is 6.62. The summed E-state index contributed by atoms with van der Waals surface area (Å²) >= 11 is 0. The highest BCUT2D eigenvalue weighted by Gasteiger charge is 2.27. The Morgan fingerprint density at radius 3 is 2.65 bits per heavy atom. The van der Waals surface area contributed by atoms with Crippen molar-refractivity contribution in [2.24, 2.45) is 0 Å². The van der Waals surface area contributed by atoms with Crippen LogP contribution in [0.15, 0.2) is 24.3 Å². The van der Waals surface area contributed by atoms with Crippen LogP contribution < -0.4 is 5.32 Å². The first-order valence-corrected chi connectivity index (χ1v) is 6.62. The van der Waals surface area contributed by atoms with E-state index in [2.05, 4.69) is 15.5 Å². The molecule has 1 aliphatic rings. The van der Waals surface area contributed by atoms with E-state index in [4.69, 9.17) is 0 Å². The van der Waals surface area contributed by atoms with Crippen LogP contribution in [0, 0.1) is 6.92 Å². The van der Waals surface area contributed by atoms with E-state index in [1.165, 1.54) is 4.80 Å². The number of aliphatic hydroxyl groups excluding tert-OH is 1. The second-order valence-corrected chi connectivity index (χ2v) is 5.03. The summed E-state index contributed by atoms with van der Waals surface area (Å²) < 4.78 is 0. The number of benzene rings is 1. The molecule has 1 heterocycles. The van der Waals surface area contributed by atoms with Crippen LogP contribution in [0.3, 0.4) is 0 Å². The van der Waals surface area contributed by atoms with Gasteiger partial charge < -0.3 is 10.4 Å². The third kappa shape index (κ3) is 2.55. The number of hydrogen-bond acceptors (Lipinski definition) is 4. The molecule has 1 fully saturated rings. The normalized spacial score (nSPS) is 14.3. The third-order valence-electron chi connectivity index (χ3n) is 3.23. The molecule has 0 aliphatic heterocycles. The van der Waals surface area contributed by atoms with Gasteiger partial charge >= 0.3 is 0 Å². The second kappa shape index (κ2) is 5.05. The van der Waals surface area contributed by atoms with Crippen molar-refractivity contribution in [2.75, 3.05) is 0 Å². The van der Waals surface area contributed by atoms with Gasteiger partial charge in [0.15, 0.2) is 5.69 Å². The van der Waals surface area contributed by atoms with E-state index in [1.807, 2.05) is 31.2 Å². The van der Waals surface area contributed by atoms with Crippen LogP contribution >= 0.6 is 0 Å². The van der Waals surface area contributed by atoms with Gasteiger partial charge in [-0.1, -0.05) is 17.7 Å². The lowest BCUT2D eigenvalue weighted by Crippen LogP contribution is -2.26. The molecule has 104 valence electrons. The van der Waals surface area contributed by atoms with Gasteiger partial charge in [-0.2, -0.15) is 4.80 Å². The van der Waals surface area contributed by atoms with Crippen LogP contribution in [0.5, 0.6) is 0 Å². The van der Waals surface area contributed by atoms with E-state index in [1.54, 1.807) is 0 Å². The highest BCUT2D eigenvalue weighted by atomic mass is 16.3. The molecular weight excluding hydrogens is 256 g/mol. The van der Waals surface area contributed by atoms with Crippen LogP contribution in [0.25, 0.3) is 5.69 Å². The number of carbonyl (C=O) groups excluding carboxylic acids is 1. The summed E-state index contributed by atoms with van der Waals surface area (Å²) in [6.45, 7) is 1.69. The van der Waals surface area contributed by atoms with Crippen molar-refractivity contribution in [3.8, 4) is 5.69 Å². The maximum Gasteiger partial charge on any atom is 0.274 e. The van der Waals surface area contributed by atoms with Crippen molar-refractivity contribution in [3.63, 3.8) is 0 Å². The summed E-state index contributed by atoms with van der Waals surface area (Å²) in [5, 5.41) is 20.5. The van der Waals surface area contributed by atoms with E-state index in [-0.39, 0.29) is 24.2 Å². The minimum absolute atomic E-state index is 0.194. The fourth-order valence-corrected chi connectivity index (χ4v) is 1.89. The van der Waals surface area contributed by atoms with Gasteiger partial charge in [0, 0.05) is 6.04 Å². The molecule has 0 atom stereocenters. The van der Waals surface area contributed by atoms with Gasteiger partial charge in [0.1, 0.15) is 5.69 Å². The van der Waals surface area contributed by atoms with Crippen LogP contribution in [-0.4, -0.2) is 32.0 Å². The van der Waals surface area contributed by atoms with E-state index in [9.17, 15) is 9.90 Å². The molecule has 1 aromatic heterocycles. The predicted molar refractivity (Wildman–Crippen MR) is 72.5 cm³/mol. The summed E-state index contributed by atoms with van der Waals surface area (Å²) in [6.07, 6.45) is 2.01. The molecule has 2 N–H and O–H groups in total. The standard InChI is InChI=1S/C14H16N4O2/c1-9-2-6-11(7-3-9)18-16-12(8-19)13(17-18)14(20)15-10-4-5-10/h2-3,6-7,10,19H,4-5,8H2,1H3,(H,15,20). The molecule has 1 aromatic carbocycles. The van der Waals surface area contributed by atoms with Crippen LogP contribution in [0.1, 0.15) is 34.6 Å². The molecule has 20 heavy (non-hydrogen) atoms. The number of rotatable bonds is 4. The first-order chi connectivity index (χ1) is 9.67. The highest BCUT2D eigenvalue weighted by molar-refractivity contribution is 5.93. The van der Waals surface area contributed by atoms with Crippen molar-refractivity contribution in [1.29, 1.82) is 0 Å². The summed E-state index contributed by atoms with van der Waals surface area (Å²) in [5.41, 5.74) is 2.38. The van der Waals surface area contributed by atoms with E-state index in [0.29, 0.717) is 5.69 Å². The Balaban J connectivity index is 1.90. The Kier molecular flexibility index (Phi) is 3.23. The summed E-state index contributed by atoms with van der Waals surface area (Å²) in [5.74, 6) is -0.269. The van der Waals surface area contributed by atoms with E-state index < -0.39 is 0 Å². The molecule has 3 rings (SSSR count). The molecule has 0 unspecified atom stereocenters. The van der Waals surface area contributed by atoms with Crippen LogP contribution in [-0.2, 0) is 6.61 Å². The molecule has 1 aliphatic carbocycles. The Hall–Kier alpha value is -2.21. The smallest absolute Gasteiger partial charge is 0.274 e. The number of aliphatic hydroxyl groups is 1. The van der Waals surface area contributed by atoms with Crippen molar-refractivity contribution in [1.82, 2.24) is 20.3 Å². The number of hydrogen-bond donors (Lipinski definition) is 2. The van der Waals surface area contributed by atoms with Crippen molar-refractivity contribution in [3.05, 3.63) is 41.2 Å². The second-order valence-electron chi connectivity index (χ2n) is 5.03. The predicted octanol–water partition coefficient (Wildman–Crippen LogP) is 0.960. The van der Waals surface area contributed by atoms with Gasteiger partial charge in [0.05, 0.1) is 12.3 Å². The lowest BCUT2D eigenvalue weighted by Gasteiger charge is -2.00. The molecule has 0 spiro atoms. The number of carbonyl (C=O) groups is 1. The minimum atomic E-state index is -0.306. The number of amides is 1. The fraction of sp³-hybridized carbons (Fsp3) is 0.357. The molecule has 0 saturated heterocycles. The summed E-state index contributed by atoms with van der Waals surface area (Å²) in [7, 11) is 0. The SMILES string of the molecule is Cc1ccc(-n2nc(CO)c(C(=O)NC3CC3)n2)cc1. The highest BCUT2D eigenvalue weighted by Crippen LogP contribution is 2.19. The van der Waals surface area contributed by atoms with Gasteiger partial charge in [-0.05, 0) is 31.9 Å². The molecular formula is C14H16N4O2. The molecule has 6 nitrogen and oxygen atoms in total. The van der Waals surface area contributed by atoms with E-state index >= 15 is 0 Å². The molecule has 0 radical (unpaired) electrons. The van der Waals surface area contributed by atoms with Crippen LogP contribution in [0.2, 0.25) is 0 Å². The zero-order valence-electron chi connectivity index (χ0n) is 11.2. The van der Waals surface area contributed by atoms with Gasteiger partial charge in [-0.15, -0.1) is 10.2 Å². The Morgan fingerprint density at radius 2 is 2.05 bits per heavy atom. The molecule has 6 heteroatoms. The average molecular weight is 272 g/mol. The Morgan fingerprint density at radius 1 is 1.35 bits per heavy atom. The molecule has 1 saturated carbocycles. The van der Waals surface area contributed by atoms with E-state index in [0.717, 1.165) is 24.1 Å². The fourth-order valence-electron chi connectivity index (χ4n) is 1.89. The average Bonchev–Trinajstić information content (AvgIpc) is 3.15. The van der Waals surface area contributed by atoms with Crippen LogP contribution in [0.4, 0.5) is 0 Å². The molecule has 2 aromatic rings. The summed E-state index contributed by atoms with van der Waals surface area (Å²) in [6, 6.07) is 7.89. The third-order valence-corrected chi connectivity index (χ3v) is 3.23. The number of aromatic nitrogens is 3. The molecule has 1 amide bonds. The Labute approximate surface area is 116 Å². The number of nitrogens with one attached hydrogen (secondary N) is 1. The van der Waals surface area contributed by atoms with Gasteiger partial charge in [0.2, 0.25) is 0 Å². The topological polar surface area (TPSA) is 80.0 Å². The van der Waals surface area contributed by atoms with Gasteiger partial charge in [0.25, 0.3) is 5.91 Å². The zero-order chi connectivity index (χ0) is 14.1. The zero-order valence-corrected chi connectivity index (χ0v) is 11.2. The quantitative estimate of drug-likeness (QED) is 0.868. The minimum Gasteiger partial charge on any atom is -0.390 e. The first kappa shape index (κ1) is 12.8. The largest absolute Gasteiger partial charge is 0.390 e. The monoisotopic (exact) mass is 272 g/mol. The lowest BCUT2D eigenvalue weighted by molar-refractivity contribution is 0.0942. The maximum atomic E-state index is 12.0.